The number of hydrogen-bond donors (Lipinski definition) is 1. The van der Waals surface area contributed by atoms with Gasteiger partial charge in [0, 0.05) is 6.04 Å². The first kappa shape index (κ1) is 14.0. The van der Waals surface area contributed by atoms with Crippen LogP contribution in [0.25, 0.3) is 0 Å². The van der Waals surface area contributed by atoms with E-state index in [-0.39, 0.29) is 0 Å². The summed E-state index contributed by atoms with van der Waals surface area (Å²) in [7, 11) is 0. The lowest BCUT2D eigenvalue weighted by atomic mass is 9.82. The van der Waals surface area contributed by atoms with Crippen LogP contribution in [0.15, 0.2) is 0 Å². The van der Waals surface area contributed by atoms with Crippen LogP contribution in [0.5, 0.6) is 0 Å². The van der Waals surface area contributed by atoms with Crippen molar-refractivity contribution in [3.8, 4) is 0 Å². The normalized spacial score (nSPS) is 16.3. The molecule has 0 rings (SSSR count). The largest absolute Gasteiger partial charge is 0.314 e. The van der Waals surface area contributed by atoms with Crippen LogP contribution in [0.3, 0.4) is 0 Å². The molecule has 0 fully saturated rings. The van der Waals surface area contributed by atoms with E-state index in [0.717, 1.165) is 24.3 Å². The van der Waals surface area contributed by atoms with Crippen molar-refractivity contribution < 1.29 is 0 Å². The van der Waals surface area contributed by atoms with Crippen molar-refractivity contribution in [3.05, 3.63) is 0 Å². The molecule has 86 valence electrons. The summed E-state index contributed by atoms with van der Waals surface area (Å²) in [5, 5.41) is 3.62. The maximum absolute atomic E-state index is 3.62. The average Bonchev–Trinajstić information content (AvgIpc) is 2.09. The molecule has 0 aromatic heterocycles. The Morgan fingerprint density at radius 2 is 1.57 bits per heavy atom. The van der Waals surface area contributed by atoms with Crippen molar-refractivity contribution in [3.63, 3.8) is 0 Å². The molecule has 0 spiro atoms. The van der Waals surface area contributed by atoms with Crippen LogP contribution in [-0.2, 0) is 0 Å². The van der Waals surface area contributed by atoms with Gasteiger partial charge in [-0.2, -0.15) is 0 Å². The van der Waals surface area contributed by atoms with Crippen LogP contribution < -0.4 is 5.32 Å². The number of rotatable bonds is 7. The molecule has 0 aromatic carbocycles. The number of nitrogens with one attached hydrogen (secondary N) is 1. The summed E-state index contributed by atoms with van der Waals surface area (Å²) in [6.45, 7) is 15.1. The minimum Gasteiger partial charge on any atom is -0.314 e. The summed E-state index contributed by atoms with van der Waals surface area (Å²) in [6, 6.07) is 0.664. The van der Waals surface area contributed by atoms with Crippen LogP contribution in [0.4, 0.5) is 0 Å². The third-order valence-electron chi connectivity index (χ3n) is 2.96. The second-order valence-electron chi connectivity index (χ2n) is 5.28. The Morgan fingerprint density at radius 3 is 1.93 bits per heavy atom. The monoisotopic (exact) mass is 199 g/mol. The van der Waals surface area contributed by atoms with Gasteiger partial charge in [-0.25, -0.2) is 0 Å². The van der Waals surface area contributed by atoms with Crippen molar-refractivity contribution in [2.75, 3.05) is 6.54 Å². The van der Waals surface area contributed by atoms with Gasteiger partial charge in [-0.3, -0.25) is 0 Å². The van der Waals surface area contributed by atoms with Crippen LogP contribution in [-0.4, -0.2) is 12.6 Å². The maximum Gasteiger partial charge on any atom is 0.00695 e. The van der Waals surface area contributed by atoms with E-state index >= 15 is 0 Å². The van der Waals surface area contributed by atoms with Gasteiger partial charge in [-0.05, 0) is 44.1 Å². The highest BCUT2D eigenvalue weighted by Crippen LogP contribution is 2.23. The molecule has 14 heavy (non-hydrogen) atoms. The van der Waals surface area contributed by atoms with Crippen molar-refractivity contribution in [2.45, 2.75) is 60.4 Å². The molecular formula is C13H29N. The van der Waals surface area contributed by atoms with Gasteiger partial charge in [0.15, 0.2) is 0 Å². The summed E-state index contributed by atoms with van der Waals surface area (Å²) in [5.41, 5.74) is 0. The van der Waals surface area contributed by atoms with Crippen LogP contribution in [0, 0.1) is 17.8 Å². The van der Waals surface area contributed by atoms with E-state index < -0.39 is 0 Å². The number of hydrogen-bond acceptors (Lipinski definition) is 1. The molecule has 0 bridgehead atoms. The molecule has 0 radical (unpaired) electrons. The SMILES string of the molecule is CCCNC(C)C(CC(C)C)C(C)C. The summed E-state index contributed by atoms with van der Waals surface area (Å²) in [4.78, 5) is 0. The molecule has 0 aliphatic heterocycles. The first-order valence-corrected chi connectivity index (χ1v) is 6.22. The second-order valence-corrected chi connectivity index (χ2v) is 5.28. The quantitative estimate of drug-likeness (QED) is 0.659. The smallest absolute Gasteiger partial charge is 0.00695 e. The lowest BCUT2D eigenvalue weighted by Gasteiger charge is -2.29. The van der Waals surface area contributed by atoms with Crippen molar-refractivity contribution >= 4 is 0 Å². The van der Waals surface area contributed by atoms with E-state index in [9.17, 15) is 0 Å². The zero-order chi connectivity index (χ0) is 11.1. The molecule has 2 unspecified atom stereocenters. The highest BCUT2D eigenvalue weighted by atomic mass is 14.9. The fourth-order valence-corrected chi connectivity index (χ4v) is 2.12. The Bertz CT molecular complexity index is 129. The maximum atomic E-state index is 3.62. The van der Waals surface area contributed by atoms with E-state index in [2.05, 4.69) is 46.9 Å². The van der Waals surface area contributed by atoms with Gasteiger partial charge in [0.05, 0.1) is 0 Å². The van der Waals surface area contributed by atoms with Crippen LogP contribution in [0.1, 0.15) is 54.4 Å². The van der Waals surface area contributed by atoms with Gasteiger partial charge in [-0.15, -0.1) is 0 Å². The zero-order valence-corrected chi connectivity index (χ0v) is 10.9. The van der Waals surface area contributed by atoms with Crippen molar-refractivity contribution in [2.24, 2.45) is 17.8 Å². The predicted molar refractivity (Wildman–Crippen MR) is 65.5 cm³/mol. The Balaban J connectivity index is 4.04. The van der Waals surface area contributed by atoms with Gasteiger partial charge in [0.25, 0.3) is 0 Å². The molecule has 0 aromatic rings. The zero-order valence-electron chi connectivity index (χ0n) is 10.9. The molecule has 0 heterocycles. The van der Waals surface area contributed by atoms with Gasteiger partial charge in [-0.1, -0.05) is 34.6 Å². The Kier molecular flexibility index (Phi) is 7.26. The van der Waals surface area contributed by atoms with Crippen LogP contribution >= 0.6 is 0 Å². The summed E-state index contributed by atoms with van der Waals surface area (Å²) in [5.74, 6) is 2.42. The average molecular weight is 199 g/mol. The van der Waals surface area contributed by atoms with Gasteiger partial charge in [0.1, 0.15) is 0 Å². The molecule has 2 atom stereocenters. The first-order chi connectivity index (χ1) is 6.49. The lowest BCUT2D eigenvalue weighted by Crippen LogP contribution is -2.37. The van der Waals surface area contributed by atoms with Crippen LogP contribution in [0.2, 0.25) is 0 Å². The van der Waals surface area contributed by atoms with E-state index in [1.54, 1.807) is 0 Å². The molecular weight excluding hydrogens is 170 g/mol. The fraction of sp³-hybridized carbons (Fsp3) is 1.00. The lowest BCUT2D eigenvalue weighted by molar-refractivity contribution is 0.247. The topological polar surface area (TPSA) is 12.0 Å². The molecule has 0 saturated heterocycles. The summed E-state index contributed by atoms with van der Waals surface area (Å²) < 4.78 is 0. The molecule has 0 amide bonds. The van der Waals surface area contributed by atoms with Crippen molar-refractivity contribution in [1.29, 1.82) is 0 Å². The summed E-state index contributed by atoms with van der Waals surface area (Å²) in [6.07, 6.45) is 2.58. The molecule has 0 saturated carbocycles. The summed E-state index contributed by atoms with van der Waals surface area (Å²) >= 11 is 0. The molecule has 1 nitrogen and oxygen atoms in total. The van der Waals surface area contributed by atoms with Gasteiger partial charge in [0.2, 0.25) is 0 Å². The molecule has 0 aliphatic carbocycles. The standard InChI is InChI=1S/C13H29N/c1-7-8-14-12(6)13(11(4)5)9-10(2)3/h10-14H,7-9H2,1-6H3. The second kappa shape index (κ2) is 7.28. The van der Waals surface area contributed by atoms with E-state index in [1.807, 2.05) is 0 Å². The Hall–Kier alpha value is -0.0400. The third-order valence-corrected chi connectivity index (χ3v) is 2.96. The molecule has 1 heteroatoms. The van der Waals surface area contributed by atoms with Gasteiger partial charge < -0.3 is 5.32 Å². The minimum atomic E-state index is 0.664. The first-order valence-electron chi connectivity index (χ1n) is 6.22. The highest BCUT2D eigenvalue weighted by Gasteiger charge is 2.20. The third kappa shape index (κ3) is 5.64. The molecule has 1 N–H and O–H groups in total. The highest BCUT2D eigenvalue weighted by molar-refractivity contribution is 4.75. The Morgan fingerprint density at radius 1 is 1.00 bits per heavy atom. The predicted octanol–water partition coefficient (Wildman–Crippen LogP) is 3.69. The van der Waals surface area contributed by atoms with E-state index in [0.29, 0.717) is 6.04 Å². The van der Waals surface area contributed by atoms with E-state index in [4.69, 9.17) is 0 Å². The van der Waals surface area contributed by atoms with Crippen molar-refractivity contribution in [1.82, 2.24) is 5.32 Å². The Labute approximate surface area is 90.7 Å². The molecule has 0 aliphatic rings. The van der Waals surface area contributed by atoms with E-state index in [1.165, 1.54) is 12.8 Å². The fourth-order valence-electron chi connectivity index (χ4n) is 2.12. The minimum absolute atomic E-state index is 0.664. The van der Waals surface area contributed by atoms with Gasteiger partial charge >= 0.3 is 0 Å².